The van der Waals surface area contributed by atoms with Gasteiger partial charge in [-0.2, -0.15) is 0 Å². The second-order valence-corrected chi connectivity index (χ2v) is 7.68. The van der Waals surface area contributed by atoms with Crippen molar-refractivity contribution in [2.45, 2.75) is 25.0 Å². The molecule has 6 heteroatoms. The normalized spacial score (nSPS) is 22.0. The van der Waals surface area contributed by atoms with Crippen LogP contribution in [0.2, 0.25) is 0 Å². The first-order valence-corrected chi connectivity index (χ1v) is 9.45. The fraction of sp³-hybridized carbons (Fsp3) is 0.381. The predicted molar refractivity (Wildman–Crippen MR) is 106 cm³/mol. The summed E-state index contributed by atoms with van der Waals surface area (Å²) in [5, 5.41) is 4.49. The number of hydrogen-bond acceptors (Lipinski definition) is 4. The highest BCUT2D eigenvalue weighted by molar-refractivity contribution is 5.94. The van der Waals surface area contributed by atoms with E-state index in [2.05, 4.69) is 33.4 Å². The molecule has 0 aliphatic carbocycles. The molecule has 2 atom stereocenters. The maximum Gasteiger partial charge on any atom is 0.274 e. The Bertz CT molecular complexity index is 1070. The van der Waals surface area contributed by atoms with Crippen LogP contribution in [0.5, 0.6) is 5.75 Å². The fourth-order valence-electron chi connectivity index (χ4n) is 4.60. The van der Waals surface area contributed by atoms with Gasteiger partial charge in [-0.15, -0.1) is 0 Å². The summed E-state index contributed by atoms with van der Waals surface area (Å²) in [4.78, 5) is 17.9. The maximum atomic E-state index is 12.3. The van der Waals surface area contributed by atoms with Crippen LogP contribution in [0.4, 0.5) is 0 Å². The molecule has 27 heavy (non-hydrogen) atoms. The number of pyridine rings is 1. The topological polar surface area (TPSA) is 62.3 Å². The number of likely N-dealkylation sites (tertiary alicyclic amines) is 1. The van der Waals surface area contributed by atoms with Gasteiger partial charge in [-0.1, -0.05) is 12.1 Å². The van der Waals surface area contributed by atoms with Gasteiger partial charge in [-0.25, -0.2) is 0 Å². The Balaban J connectivity index is 1.52. The standard InChI is InChI=1S/C21H24N4O2/c1-24-12-18(17-5-6-22-20(17)21(24)26)13-3-4-14(19(7-13)27-2)10-25-11-15-8-16(25)9-23-15/h3-7,12,15-16,22-23H,8-11H2,1-2H3. The van der Waals surface area contributed by atoms with E-state index in [1.165, 1.54) is 12.0 Å². The van der Waals surface area contributed by atoms with E-state index in [1.54, 1.807) is 18.7 Å². The number of nitrogens with one attached hydrogen (secondary N) is 2. The van der Waals surface area contributed by atoms with Crippen molar-refractivity contribution < 1.29 is 4.74 Å². The molecule has 140 valence electrons. The van der Waals surface area contributed by atoms with E-state index >= 15 is 0 Å². The lowest BCUT2D eigenvalue weighted by molar-refractivity contribution is 0.215. The van der Waals surface area contributed by atoms with E-state index in [0.717, 1.165) is 41.9 Å². The smallest absolute Gasteiger partial charge is 0.274 e. The highest BCUT2D eigenvalue weighted by atomic mass is 16.5. The second kappa shape index (κ2) is 6.25. The zero-order valence-electron chi connectivity index (χ0n) is 15.7. The van der Waals surface area contributed by atoms with Gasteiger partial charge in [0.1, 0.15) is 11.3 Å². The molecule has 0 spiro atoms. The second-order valence-electron chi connectivity index (χ2n) is 7.68. The predicted octanol–water partition coefficient (Wildman–Crippen LogP) is 2.09. The number of piperazine rings is 1. The Kier molecular flexibility index (Phi) is 3.84. The van der Waals surface area contributed by atoms with Crippen LogP contribution in [0.25, 0.3) is 22.0 Å². The molecule has 6 nitrogen and oxygen atoms in total. The number of rotatable bonds is 4. The lowest BCUT2D eigenvalue weighted by Crippen LogP contribution is -2.43. The highest BCUT2D eigenvalue weighted by Crippen LogP contribution is 2.33. The Labute approximate surface area is 157 Å². The summed E-state index contributed by atoms with van der Waals surface area (Å²) in [6.07, 6.45) is 4.97. The van der Waals surface area contributed by atoms with Gasteiger partial charge in [0.25, 0.3) is 5.56 Å². The summed E-state index contributed by atoms with van der Waals surface area (Å²) < 4.78 is 7.35. The number of aryl methyl sites for hydroxylation is 1. The maximum absolute atomic E-state index is 12.3. The zero-order chi connectivity index (χ0) is 18.5. The molecule has 5 rings (SSSR count). The van der Waals surface area contributed by atoms with Gasteiger partial charge >= 0.3 is 0 Å². The van der Waals surface area contributed by atoms with Crippen molar-refractivity contribution in [2.24, 2.45) is 7.05 Å². The first-order chi connectivity index (χ1) is 13.1. The number of benzene rings is 1. The van der Waals surface area contributed by atoms with E-state index in [-0.39, 0.29) is 5.56 Å². The van der Waals surface area contributed by atoms with E-state index in [9.17, 15) is 4.79 Å². The third-order valence-electron chi connectivity index (χ3n) is 6.04. The molecule has 0 radical (unpaired) electrons. The number of nitrogens with zero attached hydrogens (tertiary/aromatic N) is 2. The number of fused-ring (bicyclic) bond motifs is 3. The first-order valence-electron chi connectivity index (χ1n) is 9.45. The average molecular weight is 364 g/mol. The van der Waals surface area contributed by atoms with Gasteiger partial charge < -0.3 is 19.6 Å². The molecule has 2 aliphatic heterocycles. The van der Waals surface area contributed by atoms with Crippen LogP contribution in [0.3, 0.4) is 0 Å². The monoisotopic (exact) mass is 364 g/mol. The molecule has 2 fully saturated rings. The van der Waals surface area contributed by atoms with Crippen molar-refractivity contribution >= 4 is 10.9 Å². The third-order valence-corrected chi connectivity index (χ3v) is 6.04. The van der Waals surface area contributed by atoms with Crippen molar-refractivity contribution in [2.75, 3.05) is 20.2 Å². The number of H-pyrrole nitrogens is 1. The van der Waals surface area contributed by atoms with Crippen LogP contribution < -0.4 is 15.6 Å². The van der Waals surface area contributed by atoms with Gasteiger partial charge in [0.05, 0.1) is 7.11 Å². The lowest BCUT2D eigenvalue weighted by atomic mass is 10.0. The summed E-state index contributed by atoms with van der Waals surface area (Å²) in [6.45, 7) is 3.12. The van der Waals surface area contributed by atoms with Crippen LogP contribution in [0.15, 0.2) is 41.5 Å². The Morgan fingerprint density at radius 3 is 2.93 bits per heavy atom. The molecule has 0 amide bonds. The molecule has 3 aromatic rings. The molecular weight excluding hydrogens is 340 g/mol. The van der Waals surface area contributed by atoms with Crippen LogP contribution in [0, 0.1) is 0 Å². The summed E-state index contributed by atoms with van der Waals surface area (Å²) in [6, 6.07) is 9.64. The molecule has 2 bridgehead atoms. The molecule has 2 aliphatic rings. The number of methoxy groups -OCH3 is 1. The quantitative estimate of drug-likeness (QED) is 0.744. The Hall–Kier alpha value is -2.57. The molecule has 2 unspecified atom stereocenters. The first kappa shape index (κ1) is 16.6. The van der Waals surface area contributed by atoms with Crippen LogP contribution >= 0.6 is 0 Å². The van der Waals surface area contributed by atoms with Gasteiger partial charge in [-0.05, 0) is 24.1 Å². The van der Waals surface area contributed by atoms with E-state index in [4.69, 9.17) is 4.74 Å². The molecule has 2 aromatic heterocycles. The molecule has 2 N–H and O–H groups in total. The van der Waals surface area contributed by atoms with E-state index in [0.29, 0.717) is 17.6 Å². The molecule has 1 aromatic carbocycles. The molecular formula is C21H24N4O2. The Morgan fingerprint density at radius 2 is 2.19 bits per heavy atom. The highest BCUT2D eigenvalue weighted by Gasteiger charge is 2.37. The van der Waals surface area contributed by atoms with Crippen molar-refractivity contribution in [3.05, 3.63) is 52.6 Å². The van der Waals surface area contributed by atoms with Gasteiger partial charge in [0.2, 0.25) is 0 Å². The number of aromatic nitrogens is 2. The largest absolute Gasteiger partial charge is 0.496 e. The lowest BCUT2D eigenvalue weighted by Gasteiger charge is -2.28. The van der Waals surface area contributed by atoms with Gasteiger partial charge in [-0.3, -0.25) is 9.69 Å². The number of hydrogen-bond donors (Lipinski definition) is 2. The van der Waals surface area contributed by atoms with Gasteiger partial charge in [0, 0.05) is 67.7 Å². The molecule has 2 saturated heterocycles. The number of ether oxygens (including phenoxy) is 1. The minimum atomic E-state index is -0.0139. The Morgan fingerprint density at radius 1 is 1.30 bits per heavy atom. The molecule has 0 saturated carbocycles. The van der Waals surface area contributed by atoms with E-state index < -0.39 is 0 Å². The van der Waals surface area contributed by atoms with Crippen LogP contribution in [-0.4, -0.2) is 46.7 Å². The van der Waals surface area contributed by atoms with Crippen molar-refractivity contribution in [3.8, 4) is 16.9 Å². The third kappa shape index (κ3) is 2.67. The number of aromatic amines is 1. The minimum Gasteiger partial charge on any atom is -0.496 e. The minimum absolute atomic E-state index is 0.0139. The summed E-state index contributed by atoms with van der Waals surface area (Å²) in [5.74, 6) is 0.903. The van der Waals surface area contributed by atoms with Crippen LogP contribution in [0.1, 0.15) is 12.0 Å². The zero-order valence-corrected chi connectivity index (χ0v) is 15.7. The van der Waals surface area contributed by atoms with Crippen molar-refractivity contribution in [1.29, 1.82) is 0 Å². The summed E-state index contributed by atoms with van der Waals surface area (Å²) >= 11 is 0. The summed E-state index contributed by atoms with van der Waals surface area (Å²) in [7, 11) is 3.51. The van der Waals surface area contributed by atoms with Crippen molar-refractivity contribution in [1.82, 2.24) is 19.8 Å². The van der Waals surface area contributed by atoms with Crippen LogP contribution in [-0.2, 0) is 13.6 Å². The van der Waals surface area contributed by atoms with Gasteiger partial charge in [0.15, 0.2) is 0 Å². The average Bonchev–Trinajstić information content (AvgIpc) is 3.42. The van der Waals surface area contributed by atoms with Crippen molar-refractivity contribution in [3.63, 3.8) is 0 Å². The SMILES string of the molecule is COc1cc(-c2cn(C)c(=O)c3[nH]ccc23)ccc1CN1CC2CC1CN2. The fourth-order valence-corrected chi connectivity index (χ4v) is 4.60. The summed E-state index contributed by atoms with van der Waals surface area (Å²) in [5.41, 5.74) is 3.92. The van der Waals surface area contributed by atoms with E-state index in [1.807, 2.05) is 18.5 Å². The molecule has 4 heterocycles.